The third-order valence-electron chi connectivity index (χ3n) is 4.52. The summed E-state index contributed by atoms with van der Waals surface area (Å²) in [6.45, 7) is 0.923. The highest BCUT2D eigenvalue weighted by atomic mass is 32.2. The molecule has 9 nitrogen and oxygen atoms in total. The molecule has 0 bridgehead atoms. The maximum Gasteiger partial charge on any atom is 0.240 e. The number of ether oxygens (including phenoxy) is 3. The summed E-state index contributed by atoms with van der Waals surface area (Å²) >= 11 is 1.32. The van der Waals surface area contributed by atoms with Gasteiger partial charge in [-0.05, 0) is 24.3 Å². The second-order valence-corrected chi connectivity index (χ2v) is 9.48. The topological polar surface area (TPSA) is 116 Å². The van der Waals surface area contributed by atoms with Gasteiger partial charge in [-0.15, -0.1) is 0 Å². The highest BCUT2D eigenvalue weighted by molar-refractivity contribution is 7.89. The summed E-state index contributed by atoms with van der Waals surface area (Å²) < 4.78 is 44.8. The number of carbonyl (C=O) groups excluding carboxylic acids is 1. The molecule has 1 amide bonds. The fraction of sp³-hybridized carbons (Fsp3) is 0.300. The Bertz CT molecular complexity index is 1210. The first-order chi connectivity index (χ1) is 15.0. The molecule has 31 heavy (non-hydrogen) atoms. The normalized spacial score (nSPS) is 13.6. The molecule has 2 heterocycles. The minimum Gasteiger partial charge on any atom is -0.494 e. The van der Waals surface area contributed by atoms with Crippen molar-refractivity contribution in [2.45, 2.75) is 17.7 Å². The van der Waals surface area contributed by atoms with Gasteiger partial charge in [0.25, 0.3) is 0 Å². The number of benzene rings is 2. The molecule has 4 rings (SSSR count). The number of aromatic nitrogens is 1. The smallest absolute Gasteiger partial charge is 0.240 e. The number of sulfonamides is 1. The SMILES string of the molecule is COc1cccc2sc(NC(=O)CCNS(=O)(=O)c3ccc4c(c3)OCCCO4)nc12. The van der Waals surface area contributed by atoms with Gasteiger partial charge < -0.3 is 19.5 Å². The van der Waals surface area contributed by atoms with E-state index in [1.807, 2.05) is 12.1 Å². The molecule has 1 aliphatic heterocycles. The molecule has 0 aliphatic carbocycles. The Kier molecular flexibility index (Phi) is 6.25. The second-order valence-electron chi connectivity index (χ2n) is 6.68. The first-order valence-corrected chi connectivity index (χ1v) is 11.9. The Morgan fingerprint density at radius 3 is 2.81 bits per heavy atom. The zero-order chi connectivity index (χ0) is 21.8. The molecule has 1 aliphatic rings. The van der Waals surface area contributed by atoms with Gasteiger partial charge in [-0.3, -0.25) is 4.79 Å². The van der Waals surface area contributed by atoms with E-state index >= 15 is 0 Å². The number of rotatable bonds is 7. The Morgan fingerprint density at radius 1 is 1.19 bits per heavy atom. The molecular formula is C20H21N3O6S2. The average Bonchev–Trinajstić information content (AvgIpc) is 3.00. The van der Waals surface area contributed by atoms with E-state index < -0.39 is 10.0 Å². The predicted molar refractivity (Wildman–Crippen MR) is 117 cm³/mol. The lowest BCUT2D eigenvalue weighted by atomic mass is 10.3. The van der Waals surface area contributed by atoms with Gasteiger partial charge in [0.05, 0.1) is 29.9 Å². The summed E-state index contributed by atoms with van der Waals surface area (Å²) in [7, 11) is -2.24. The van der Waals surface area contributed by atoms with Crippen molar-refractivity contribution < 1.29 is 27.4 Å². The molecule has 0 unspecified atom stereocenters. The van der Waals surface area contributed by atoms with Gasteiger partial charge in [-0.2, -0.15) is 0 Å². The van der Waals surface area contributed by atoms with Crippen LogP contribution in [0.25, 0.3) is 10.2 Å². The van der Waals surface area contributed by atoms with Gasteiger partial charge in [0.15, 0.2) is 16.6 Å². The minimum atomic E-state index is -3.80. The Hall–Kier alpha value is -2.89. The lowest BCUT2D eigenvalue weighted by Gasteiger charge is -2.10. The molecule has 0 radical (unpaired) electrons. The highest BCUT2D eigenvalue weighted by Crippen LogP contribution is 2.33. The van der Waals surface area contributed by atoms with Crippen molar-refractivity contribution in [1.29, 1.82) is 0 Å². The summed E-state index contributed by atoms with van der Waals surface area (Å²) in [6, 6.07) is 9.97. The summed E-state index contributed by atoms with van der Waals surface area (Å²) in [5.74, 6) is 1.18. The number of hydrogen-bond acceptors (Lipinski definition) is 8. The number of carbonyl (C=O) groups is 1. The van der Waals surface area contributed by atoms with Crippen LogP contribution >= 0.6 is 11.3 Å². The number of para-hydroxylation sites is 1. The predicted octanol–water partition coefficient (Wildman–Crippen LogP) is 2.77. The number of hydrogen-bond donors (Lipinski definition) is 2. The molecule has 0 spiro atoms. The monoisotopic (exact) mass is 463 g/mol. The molecule has 1 aromatic heterocycles. The third kappa shape index (κ3) is 4.89. The molecule has 3 aromatic rings. The molecule has 2 N–H and O–H groups in total. The second kappa shape index (κ2) is 9.08. The van der Waals surface area contributed by atoms with Gasteiger partial charge in [-0.1, -0.05) is 17.4 Å². The number of anilines is 1. The lowest BCUT2D eigenvalue weighted by Crippen LogP contribution is -2.27. The van der Waals surface area contributed by atoms with E-state index in [0.29, 0.717) is 41.1 Å². The van der Waals surface area contributed by atoms with Crippen LogP contribution in [0, 0.1) is 0 Å². The van der Waals surface area contributed by atoms with Gasteiger partial charge in [0, 0.05) is 25.5 Å². The average molecular weight is 464 g/mol. The molecule has 0 saturated heterocycles. The lowest BCUT2D eigenvalue weighted by molar-refractivity contribution is -0.116. The largest absolute Gasteiger partial charge is 0.494 e. The van der Waals surface area contributed by atoms with E-state index in [1.165, 1.54) is 23.5 Å². The summed E-state index contributed by atoms with van der Waals surface area (Å²) in [4.78, 5) is 16.7. The fourth-order valence-corrected chi connectivity index (χ4v) is 4.96. The zero-order valence-corrected chi connectivity index (χ0v) is 18.3. The summed E-state index contributed by atoms with van der Waals surface area (Å²) in [5, 5.41) is 3.12. The van der Waals surface area contributed by atoms with Crippen molar-refractivity contribution in [2.24, 2.45) is 0 Å². The van der Waals surface area contributed by atoms with Crippen molar-refractivity contribution >= 4 is 42.6 Å². The van der Waals surface area contributed by atoms with Crippen LogP contribution in [0.3, 0.4) is 0 Å². The Morgan fingerprint density at radius 2 is 2.00 bits per heavy atom. The van der Waals surface area contributed by atoms with E-state index in [1.54, 1.807) is 19.2 Å². The number of amides is 1. The van der Waals surface area contributed by atoms with Crippen molar-refractivity contribution in [3.05, 3.63) is 36.4 Å². The van der Waals surface area contributed by atoms with E-state index in [4.69, 9.17) is 14.2 Å². The molecular weight excluding hydrogens is 442 g/mol. The number of fused-ring (bicyclic) bond motifs is 2. The molecule has 0 fully saturated rings. The van der Waals surface area contributed by atoms with Crippen LogP contribution in [-0.4, -0.2) is 46.2 Å². The van der Waals surface area contributed by atoms with Gasteiger partial charge in [0.1, 0.15) is 11.3 Å². The van der Waals surface area contributed by atoms with Gasteiger partial charge in [-0.25, -0.2) is 18.1 Å². The molecule has 0 saturated carbocycles. The van der Waals surface area contributed by atoms with E-state index in [0.717, 1.165) is 11.1 Å². The third-order valence-corrected chi connectivity index (χ3v) is 6.92. The fourth-order valence-electron chi connectivity index (χ4n) is 3.02. The van der Waals surface area contributed by atoms with Crippen LogP contribution in [0.5, 0.6) is 17.2 Å². The Labute approximate surface area is 183 Å². The maximum atomic E-state index is 12.6. The Balaban J connectivity index is 1.35. The number of thiazole rings is 1. The van der Waals surface area contributed by atoms with Crippen molar-refractivity contribution in [1.82, 2.24) is 9.71 Å². The number of methoxy groups -OCH3 is 1. The first kappa shape index (κ1) is 21.3. The van der Waals surface area contributed by atoms with Crippen molar-refractivity contribution in [3.63, 3.8) is 0 Å². The standard InChI is InChI=1S/C20H21N3O6S2/c1-27-15-4-2-5-17-19(15)23-20(30-17)22-18(24)8-9-21-31(25,26)13-6-7-14-16(12-13)29-11-3-10-28-14/h2,4-7,12,21H,3,8-11H2,1H3,(H,22,23,24). The maximum absolute atomic E-state index is 12.6. The van der Waals surface area contributed by atoms with Crippen molar-refractivity contribution in [3.8, 4) is 17.2 Å². The van der Waals surface area contributed by atoms with Crippen LogP contribution in [0.4, 0.5) is 5.13 Å². The molecule has 164 valence electrons. The molecule has 0 atom stereocenters. The molecule has 11 heteroatoms. The summed E-state index contributed by atoms with van der Waals surface area (Å²) in [5.41, 5.74) is 0.667. The van der Waals surface area contributed by atoms with E-state index in [2.05, 4.69) is 15.0 Å². The van der Waals surface area contributed by atoms with Crippen molar-refractivity contribution in [2.75, 3.05) is 32.2 Å². The van der Waals surface area contributed by atoms with Crippen LogP contribution in [0.15, 0.2) is 41.3 Å². The minimum absolute atomic E-state index is 0.0448. The van der Waals surface area contributed by atoms with E-state index in [9.17, 15) is 13.2 Å². The van der Waals surface area contributed by atoms with Crippen LogP contribution in [0.1, 0.15) is 12.8 Å². The summed E-state index contributed by atoms with van der Waals surface area (Å²) in [6.07, 6.45) is 0.683. The van der Waals surface area contributed by atoms with Crippen LogP contribution in [-0.2, 0) is 14.8 Å². The first-order valence-electron chi connectivity index (χ1n) is 9.59. The highest BCUT2D eigenvalue weighted by Gasteiger charge is 2.19. The van der Waals surface area contributed by atoms with Crippen LogP contribution < -0.4 is 24.2 Å². The van der Waals surface area contributed by atoms with Gasteiger partial charge in [0.2, 0.25) is 15.9 Å². The molecule has 2 aromatic carbocycles. The number of nitrogens with zero attached hydrogens (tertiary/aromatic N) is 1. The van der Waals surface area contributed by atoms with Crippen LogP contribution in [0.2, 0.25) is 0 Å². The van der Waals surface area contributed by atoms with Gasteiger partial charge >= 0.3 is 0 Å². The quantitative estimate of drug-likeness (QED) is 0.553. The van der Waals surface area contributed by atoms with E-state index in [-0.39, 0.29) is 23.8 Å². The zero-order valence-electron chi connectivity index (χ0n) is 16.7. The number of nitrogens with one attached hydrogen (secondary N) is 2.